The summed E-state index contributed by atoms with van der Waals surface area (Å²) in [6, 6.07) is 9.59. The number of fused-ring (bicyclic) bond motifs is 1. The Bertz CT molecular complexity index is 752. The SMILES string of the molecule is CCOC(=O)c1nc2nc(-c3ccccc3)ncc2[nH]1. The van der Waals surface area contributed by atoms with E-state index in [1.54, 1.807) is 13.1 Å². The number of carbonyl (C=O) groups is 1. The van der Waals surface area contributed by atoms with Crippen molar-refractivity contribution in [2.75, 3.05) is 6.61 Å². The maximum atomic E-state index is 11.6. The van der Waals surface area contributed by atoms with Crippen LogP contribution in [0.5, 0.6) is 0 Å². The highest BCUT2D eigenvalue weighted by atomic mass is 16.5. The van der Waals surface area contributed by atoms with Crippen LogP contribution in [-0.2, 0) is 4.74 Å². The van der Waals surface area contributed by atoms with Crippen molar-refractivity contribution in [1.82, 2.24) is 19.9 Å². The molecule has 0 aliphatic rings. The molecular formula is C14H12N4O2. The van der Waals surface area contributed by atoms with Gasteiger partial charge in [0.05, 0.1) is 12.8 Å². The fraction of sp³-hybridized carbons (Fsp3) is 0.143. The highest BCUT2D eigenvalue weighted by Crippen LogP contribution is 2.16. The van der Waals surface area contributed by atoms with E-state index in [0.717, 1.165) is 5.56 Å². The fourth-order valence-corrected chi connectivity index (χ4v) is 1.83. The van der Waals surface area contributed by atoms with Crippen LogP contribution < -0.4 is 0 Å². The number of nitrogens with zero attached hydrogens (tertiary/aromatic N) is 3. The quantitative estimate of drug-likeness (QED) is 0.736. The van der Waals surface area contributed by atoms with Crippen molar-refractivity contribution in [1.29, 1.82) is 0 Å². The number of carbonyl (C=O) groups excluding carboxylic acids is 1. The van der Waals surface area contributed by atoms with Crippen LogP contribution in [0.4, 0.5) is 0 Å². The van der Waals surface area contributed by atoms with Gasteiger partial charge in [0.2, 0.25) is 5.82 Å². The Kier molecular flexibility index (Phi) is 3.12. The molecule has 20 heavy (non-hydrogen) atoms. The molecule has 0 amide bonds. The molecule has 6 heteroatoms. The van der Waals surface area contributed by atoms with Gasteiger partial charge in [0.15, 0.2) is 11.5 Å². The van der Waals surface area contributed by atoms with Crippen LogP contribution in [-0.4, -0.2) is 32.5 Å². The summed E-state index contributed by atoms with van der Waals surface area (Å²) in [5.41, 5.74) is 1.95. The highest BCUT2D eigenvalue weighted by Gasteiger charge is 2.14. The van der Waals surface area contributed by atoms with Crippen molar-refractivity contribution in [3.63, 3.8) is 0 Å². The summed E-state index contributed by atoms with van der Waals surface area (Å²) >= 11 is 0. The molecule has 100 valence electrons. The zero-order valence-corrected chi connectivity index (χ0v) is 10.8. The third-order valence-corrected chi connectivity index (χ3v) is 2.74. The molecule has 0 spiro atoms. The molecule has 0 radical (unpaired) electrons. The lowest BCUT2D eigenvalue weighted by molar-refractivity contribution is 0.0513. The van der Waals surface area contributed by atoms with Gasteiger partial charge in [-0.25, -0.2) is 19.7 Å². The molecule has 0 saturated heterocycles. The van der Waals surface area contributed by atoms with Gasteiger partial charge in [0, 0.05) is 5.56 Å². The van der Waals surface area contributed by atoms with Crippen LogP contribution in [0.1, 0.15) is 17.5 Å². The van der Waals surface area contributed by atoms with Crippen LogP contribution in [0, 0.1) is 0 Å². The molecule has 2 heterocycles. The van der Waals surface area contributed by atoms with Gasteiger partial charge in [-0.15, -0.1) is 0 Å². The van der Waals surface area contributed by atoms with E-state index in [2.05, 4.69) is 19.9 Å². The van der Waals surface area contributed by atoms with Crippen LogP contribution in [0.3, 0.4) is 0 Å². The molecule has 6 nitrogen and oxygen atoms in total. The number of hydrogen-bond acceptors (Lipinski definition) is 5. The van der Waals surface area contributed by atoms with Crippen LogP contribution in [0.15, 0.2) is 36.5 Å². The van der Waals surface area contributed by atoms with E-state index in [9.17, 15) is 4.79 Å². The van der Waals surface area contributed by atoms with E-state index >= 15 is 0 Å². The number of H-pyrrole nitrogens is 1. The summed E-state index contributed by atoms with van der Waals surface area (Å²) in [4.78, 5) is 27.2. The number of hydrogen-bond donors (Lipinski definition) is 1. The van der Waals surface area contributed by atoms with Crippen molar-refractivity contribution >= 4 is 17.1 Å². The van der Waals surface area contributed by atoms with Gasteiger partial charge >= 0.3 is 5.97 Å². The molecule has 0 aliphatic heterocycles. The van der Waals surface area contributed by atoms with Crippen LogP contribution in [0.2, 0.25) is 0 Å². The van der Waals surface area contributed by atoms with Crippen molar-refractivity contribution in [3.8, 4) is 11.4 Å². The van der Waals surface area contributed by atoms with Gasteiger partial charge in [-0.1, -0.05) is 30.3 Å². The Morgan fingerprint density at radius 2 is 2.05 bits per heavy atom. The zero-order valence-electron chi connectivity index (χ0n) is 10.8. The Morgan fingerprint density at radius 3 is 2.80 bits per heavy atom. The number of aromatic amines is 1. The lowest BCUT2D eigenvalue weighted by atomic mass is 10.2. The first kappa shape index (κ1) is 12.3. The highest BCUT2D eigenvalue weighted by molar-refractivity contribution is 5.89. The molecule has 0 atom stereocenters. The third-order valence-electron chi connectivity index (χ3n) is 2.74. The molecule has 0 unspecified atom stereocenters. The topological polar surface area (TPSA) is 80.8 Å². The molecule has 0 fully saturated rings. The number of nitrogens with one attached hydrogen (secondary N) is 1. The Morgan fingerprint density at radius 1 is 1.25 bits per heavy atom. The number of rotatable bonds is 3. The van der Waals surface area contributed by atoms with E-state index in [-0.39, 0.29) is 5.82 Å². The summed E-state index contributed by atoms with van der Waals surface area (Å²) < 4.78 is 4.89. The van der Waals surface area contributed by atoms with Crippen molar-refractivity contribution < 1.29 is 9.53 Å². The van der Waals surface area contributed by atoms with Gasteiger partial charge in [0.1, 0.15) is 5.52 Å². The second-order valence-corrected chi connectivity index (χ2v) is 4.10. The molecule has 3 rings (SSSR count). The second-order valence-electron chi connectivity index (χ2n) is 4.10. The summed E-state index contributed by atoms with van der Waals surface area (Å²) in [6.07, 6.45) is 1.61. The minimum Gasteiger partial charge on any atom is -0.460 e. The Balaban J connectivity index is 2.02. The summed E-state index contributed by atoms with van der Waals surface area (Å²) in [5.74, 6) is 0.216. The lowest BCUT2D eigenvalue weighted by Crippen LogP contribution is -2.06. The predicted molar refractivity (Wildman–Crippen MR) is 73.1 cm³/mol. The van der Waals surface area contributed by atoms with Crippen LogP contribution >= 0.6 is 0 Å². The van der Waals surface area contributed by atoms with Crippen molar-refractivity contribution in [2.24, 2.45) is 0 Å². The second kappa shape index (κ2) is 5.08. The number of ether oxygens (including phenoxy) is 1. The van der Waals surface area contributed by atoms with E-state index in [1.807, 2.05) is 30.3 Å². The lowest BCUT2D eigenvalue weighted by Gasteiger charge is -1.97. The third kappa shape index (κ3) is 2.23. The average Bonchev–Trinajstić information content (AvgIpc) is 2.91. The molecule has 1 aromatic carbocycles. The Labute approximate surface area is 114 Å². The fourth-order valence-electron chi connectivity index (χ4n) is 1.83. The predicted octanol–water partition coefficient (Wildman–Crippen LogP) is 2.20. The molecule has 0 bridgehead atoms. The van der Waals surface area contributed by atoms with Gasteiger partial charge in [-0.2, -0.15) is 0 Å². The maximum Gasteiger partial charge on any atom is 0.374 e. The maximum absolute atomic E-state index is 11.6. The van der Waals surface area contributed by atoms with Crippen molar-refractivity contribution in [2.45, 2.75) is 6.92 Å². The number of benzene rings is 1. The standard InChI is InChI=1S/C14H12N4O2/c1-2-20-14(19)13-16-10-8-15-11(17-12(10)18-13)9-6-4-3-5-7-9/h3-8H,2H2,1H3,(H,15,16,17,18). The van der Waals surface area contributed by atoms with E-state index < -0.39 is 5.97 Å². The van der Waals surface area contributed by atoms with E-state index in [4.69, 9.17) is 4.74 Å². The molecule has 2 aromatic heterocycles. The van der Waals surface area contributed by atoms with Gasteiger partial charge in [-0.3, -0.25) is 0 Å². The summed E-state index contributed by atoms with van der Waals surface area (Å²) in [7, 11) is 0. The van der Waals surface area contributed by atoms with Gasteiger partial charge in [-0.05, 0) is 6.92 Å². The average molecular weight is 268 g/mol. The largest absolute Gasteiger partial charge is 0.460 e. The van der Waals surface area contributed by atoms with Crippen LogP contribution in [0.25, 0.3) is 22.6 Å². The van der Waals surface area contributed by atoms with E-state index in [0.29, 0.717) is 23.6 Å². The smallest absolute Gasteiger partial charge is 0.374 e. The first-order valence-electron chi connectivity index (χ1n) is 6.23. The first-order chi connectivity index (χ1) is 9.78. The molecule has 0 aliphatic carbocycles. The summed E-state index contributed by atoms with van der Waals surface area (Å²) in [5, 5.41) is 0. The monoisotopic (exact) mass is 268 g/mol. The molecule has 3 aromatic rings. The molecule has 1 N–H and O–H groups in total. The van der Waals surface area contributed by atoms with E-state index in [1.165, 1.54) is 0 Å². The number of aromatic nitrogens is 4. The molecular weight excluding hydrogens is 256 g/mol. The van der Waals surface area contributed by atoms with Gasteiger partial charge in [0.25, 0.3) is 0 Å². The minimum absolute atomic E-state index is 0.140. The number of imidazole rings is 1. The molecule has 0 saturated carbocycles. The first-order valence-corrected chi connectivity index (χ1v) is 6.23. The normalized spacial score (nSPS) is 10.7. The zero-order chi connectivity index (χ0) is 13.9. The Hall–Kier alpha value is -2.76. The minimum atomic E-state index is -0.494. The van der Waals surface area contributed by atoms with Crippen molar-refractivity contribution in [3.05, 3.63) is 42.4 Å². The number of esters is 1. The summed E-state index contributed by atoms with van der Waals surface area (Å²) in [6.45, 7) is 2.05. The van der Waals surface area contributed by atoms with Gasteiger partial charge < -0.3 is 9.72 Å².